The lowest BCUT2D eigenvalue weighted by Crippen LogP contribution is -2.29. The highest BCUT2D eigenvalue weighted by atomic mass is 32.2. The standard InChI is InChI=1S/C14H27NO3S/c1-4-5-6-7-8-9-11-19-12-10-14(17)15(3)18-13(2)16/h4-12H2,1-3H3. The van der Waals surface area contributed by atoms with Gasteiger partial charge in [-0.3, -0.25) is 9.59 Å². The van der Waals surface area contributed by atoms with Crippen LogP contribution in [0.4, 0.5) is 0 Å². The number of hydrogen-bond acceptors (Lipinski definition) is 4. The Morgan fingerprint density at radius 2 is 1.68 bits per heavy atom. The van der Waals surface area contributed by atoms with E-state index in [-0.39, 0.29) is 5.91 Å². The van der Waals surface area contributed by atoms with Crippen molar-refractivity contribution in [1.82, 2.24) is 5.06 Å². The third-order valence-electron chi connectivity index (χ3n) is 2.72. The maximum atomic E-state index is 11.5. The van der Waals surface area contributed by atoms with E-state index in [0.29, 0.717) is 6.42 Å². The van der Waals surface area contributed by atoms with Gasteiger partial charge in [0.1, 0.15) is 0 Å². The van der Waals surface area contributed by atoms with Gasteiger partial charge in [0.2, 0.25) is 0 Å². The van der Waals surface area contributed by atoms with Gasteiger partial charge < -0.3 is 4.84 Å². The number of carbonyl (C=O) groups excluding carboxylic acids is 2. The number of hydrogen-bond donors (Lipinski definition) is 0. The van der Waals surface area contributed by atoms with Gasteiger partial charge in [-0.2, -0.15) is 16.8 Å². The van der Waals surface area contributed by atoms with Crippen molar-refractivity contribution in [3.05, 3.63) is 0 Å². The first-order chi connectivity index (χ1) is 9.07. The summed E-state index contributed by atoms with van der Waals surface area (Å²) in [6.07, 6.45) is 8.22. The van der Waals surface area contributed by atoms with Crippen LogP contribution in [-0.2, 0) is 14.4 Å². The summed E-state index contributed by atoms with van der Waals surface area (Å²) in [6.45, 7) is 3.51. The molecule has 0 rings (SSSR count). The molecule has 0 aromatic rings. The summed E-state index contributed by atoms with van der Waals surface area (Å²) in [5, 5.41) is 1.02. The van der Waals surface area contributed by atoms with E-state index >= 15 is 0 Å². The van der Waals surface area contributed by atoms with Gasteiger partial charge in [-0.05, 0) is 12.2 Å². The summed E-state index contributed by atoms with van der Waals surface area (Å²) < 4.78 is 0. The Kier molecular flexibility index (Phi) is 11.9. The topological polar surface area (TPSA) is 46.6 Å². The Bertz CT molecular complexity index is 259. The number of hydroxylamine groups is 2. The Hall–Kier alpha value is -0.710. The second kappa shape index (κ2) is 12.3. The summed E-state index contributed by atoms with van der Waals surface area (Å²) in [6, 6.07) is 0. The van der Waals surface area contributed by atoms with Gasteiger partial charge in [0, 0.05) is 26.1 Å². The highest BCUT2D eigenvalue weighted by molar-refractivity contribution is 7.99. The Morgan fingerprint density at radius 3 is 2.32 bits per heavy atom. The molecule has 0 aromatic carbocycles. The summed E-state index contributed by atoms with van der Waals surface area (Å²) >= 11 is 1.79. The van der Waals surface area contributed by atoms with Crippen molar-refractivity contribution in [2.24, 2.45) is 0 Å². The zero-order valence-corrected chi connectivity index (χ0v) is 13.3. The molecule has 4 nitrogen and oxygen atoms in total. The van der Waals surface area contributed by atoms with Crippen LogP contribution in [-0.4, -0.2) is 35.5 Å². The van der Waals surface area contributed by atoms with E-state index in [4.69, 9.17) is 0 Å². The predicted octanol–water partition coefficient (Wildman–Crippen LogP) is 3.41. The van der Waals surface area contributed by atoms with E-state index in [1.807, 2.05) is 0 Å². The van der Waals surface area contributed by atoms with Gasteiger partial charge in [-0.25, -0.2) is 0 Å². The highest BCUT2D eigenvalue weighted by Gasteiger charge is 2.10. The molecule has 0 unspecified atom stereocenters. The van der Waals surface area contributed by atoms with E-state index in [2.05, 4.69) is 11.8 Å². The Labute approximate surface area is 121 Å². The minimum absolute atomic E-state index is 0.148. The molecule has 0 aliphatic heterocycles. The van der Waals surface area contributed by atoms with Crippen LogP contribution in [0, 0.1) is 0 Å². The van der Waals surface area contributed by atoms with Crippen LogP contribution in [0.1, 0.15) is 58.8 Å². The minimum Gasteiger partial charge on any atom is -0.339 e. The minimum atomic E-state index is -0.462. The number of unbranched alkanes of at least 4 members (excludes halogenated alkanes) is 5. The highest BCUT2D eigenvalue weighted by Crippen LogP contribution is 2.11. The Balaban J connectivity index is 3.34. The third-order valence-corrected chi connectivity index (χ3v) is 3.79. The van der Waals surface area contributed by atoms with Gasteiger partial charge in [0.25, 0.3) is 5.91 Å². The monoisotopic (exact) mass is 289 g/mol. The van der Waals surface area contributed by atoms with E-state index in [9.17, 15) is 9.59 Å². The van der Waals surface area contributed by atoms with Crippen molar-refractivity contribution in [2.75, 3.05) is 18.6 Å². The number of rotatable bonds is 10. The van der Waals surface area contributed by atoms with Crippen molar-refractivity contribution < 1.29 is 14.4 Å². The van der Waals surface area contributed by atoms with Crippen molar-refractivity contribution in [3.8, 4) is 0 Å². The first kappa shape index (κ1) is 18.3. The summed E-state index contributed by atoms with van der Waals surface area (Å²) in [5.74, 6) is 1.29. The molecule has 1 amide bonds. The lowest BCUT2D eigenvalue weighted by molar-refractivity contribution is -0.190. The van der Waals surface area contributed by atoms with E-state index in [1.165, 1.54) is 52.5 Å². The van der Waals surface area contributed by atoms with Gasteiger partial charge in [0.05, 0.1) is 0 Å². The fraction of sp³-hybridized carbons (Fsp3) is 0.857. The molecule has 0 aromatic heterocycles. The van der Waals surface area contributed by atoms with Crippen molar-refractivity contribution in [2.45, 2.75) is 58.8 Å². The first-order valence-corrected chi connectivity index (χ1v) is 8.26. The molecular weight excluding hydrogens is 262 g/mol. The smallest absolute Gasteiger partial charge is 0.329 e. The molecule has 0 atom stereocenters. The quantitative estimate of drug-likeness (QED) is 0.457. The second-order valence-electron chi connectivity index (χ2n) is 4.60. The van der Waals surface area contributed by atoms with Crippen molar-refractivity contribution >= 4 is 23.6 Å². The van der Waals surface area contributed by atoms with Crippen LogP contribution < -0.4 is 0 Å². The van der Waals surface area contributed by atoms with Crippen molar-refractivity contribution in [3.63, 3.8) is 0 Å². The molecule has 5 heteroatoms. The molecule has 0 saturated carbocycles. The van der Waals surface area contributed by atoms with E-state index in [0.717, 1.165) is 16.6 Å². The molecule has 0 fully saturated rings. The van der Waals surface area contributed by atoms with Crippen LogP contribution in [0.15, 0.2) is 0 Å². The average molecular weight is 289 g/mol. The molecule has 0 saturated heterocycles. The van der Waals surface area contributed by atoms with Crippen molar-refractivity contribution in [1.29, 1.82) is 0 Å². The molecule has 0 N–H and O–H groups in total. The van der Waals surface area contributed by atoms with E-state index in [1.54, 1.807) is 11.8 Å². The molecule has 0 aliphatic carbocycles. The number of amides is 1. The lowest BCUT2D eigenvalue weighted by atomic mass is 10.1. The Morgan fingerprint density at radius 1 is 1.05 bits per heavy atom. The normalized spacial score (nSPS) is 10.3. The number of thioether (sulfide) groups is 1. The lowest BCUT2D eigenvalue weighted by Gasteiger charge is -2.14. The maximum Gasteiger partial charge on any atom is 0.329 e. The second-order valence-corrected chi connectivity index (χ2v) is 5.83. The fourth-order valence-corrected chi connectivity index (χ4v) is 2.58. The van der Waals surface area contributed by atoms with E-state index < -0.39 is 5.97 Å². The zero-order chi connectivity index (χ0) is 14.5. The molecule has 19 heavy (non-hydrogen) atoms. The third kappa shape index (κ3) is 12.1. The molecule has 0 bridgehead atoms. The fourth-order valence-electron chi connectivity index (χ4n) is 1.65. The molecular formula is C14H27NO3S. The maximum absolute atomic E-state index is 11.5. The van der Waals surface area contributed by atoms with Crippen LogP contribution in [0.2, 0.25) is 0 Å². The summed E-state index contributed by atoms with van der Waals surface area (Å²) in [5.41, 5.74) is 0. The average Bonchev–Trinajstić information content (AvgIpc) is 2.35. The predicted molar refractivity (Wildman–Crippen MR) is 79.9 cm³/mol. The van der Waals surface area contributed by atoms with Gasteiger partial charge in [-0.1, -0.05) is 39.0 Å². The molecule has 0 spiro atoms. The zero-order valence-electron chi connectivity index (χ0n) is 12.4. The number of nitrogens with zero attached hydrogens (tertiary/aromatic N) is 1. The molecule has 0 aliphatic rings. The molecule has 0 radical (unpaired) electrons. The van der Waals surface area contributed by atoms with Crippen LogP contribution >= 0.6 is 11.8 Å². The summed E-state index contributed by atoms with van der Waals surface area (Å²) in [7, 11) is 1.47. The summed E-state index contributed by atoms with van der Waals surface area (Å²) in [4.78, 5) is 26.9. The molecule has 0 heterocycles. The first-order valence-electron chi connectivity index (χ1n) is 7.10. The number of carbonyl (C=O) groups is 2. The van der Waals surface area contributed by atoms with Gasteiger partial charge >= 0.3 is 5.97 Å². The van der Waals surface area contributed by atoms with Gasteiger partial charge in [-0.15, -0.1) is 0 Å². The van der Waals surface area contributed by atoms with Crippen LogP contribution in [0.5, 0.6) is 0 Å². The van der Waals surface area contributed by atoms with Gasteiger partial charge in [0.15, 0.2) is 0 Å². The largest absolute Gasteiger partial charge is 0.339 e. The molecule has 112 valence electrons. The van der Waals surface area contributed by atoms with Crippen LogP contribution in [0.3, 0.4) is 0 Å². The van der Waals surface area contributed by atoms with Crippen LogP contribution in [0.25, 0.3) is 0 Å². The SMILES string of the molecule is CCCCCCCCSCCC(=O)N(C)OC(C)=O.